The third-order valence-corrected chi connectivity index (χ3v) is 5.40. The van der Waals surface area contributed by atoms with Crippen molar-refractivity contribution in [3.63, 3.8) is 0 Å². The Morgan fingerprint density at radius 3 is 2.83 bits per heavy atom. The van der Waals surface area contributed by atoms with Gasteiger partial charge < -0.3 is 5.32 Å². The van der Waals surface area contributed by atoms with E-state index in [0.29, 0.717) is 0 Å². The normalized spacial score (nSPS) is 30.4. The second kappa shape index (κ2) is 5.92. The van der Waals surface area contributed by atoms with Crippen LogP contribution in [0.25, 0.3) is 0 Å². The van der Waals surface area contributed by atoms with Gasteiger partial charge in [-0.05, 0) is 44.9 Å². The van der Waals surface area contributed by atoms with E-state index in [-0.39, 0.29) is 23.9 Å². The van der Waals surface area contributed by atoms with Gasteiger partial charge in [0.2, 0.25) is 0 Å². The van der Waals surface area contributed by atoms with Crippen LogP contribution in [0.3, 0.4) is 0 Å². The van der Waals surface area contributed by atoms with Crippen LogP contribution < -0.4 is 5.32 Å². The molecule has 3 heterocycles. The molecule has 0 bridgehead atoms. The molecule has 124 valence electrons. The Morgan fingerprint density at radius 1 is 1.43 bits per heavy atom. The minimum absolute atomic E-state index is 0.122. The van der Waals surface area contributed by atoms with Gasteiger partial charge in [-0.15, -0.1) is 0 Å². The molecule has 2 saturated heterocycles. The Labute approximate surface area is 136 Å². The third-order valence-electron chi connectivity index (χ3n) is 5.40. The number of aromatic nitrogens is 1. The Bertz CT molecular complexity index is 606. The molecule has 6 heteroatoms. The van der Waals surface area contributed by atoms with Gasteiger partial charge in [0.25, 0.3) is 5.91 Å². The van der Waals surface area contributed by atoms with Crippen LogP contribution in [0.2, 0.25) is 0 Å². The highest BCUT2D eigenvalue weighted by molar-refractivity contribution is 6.06. The van der Waals surface area contributed by atoms with Gasteiger partial charge in [0, 0.05) is 37.9 Å². The van der Waals surface area contributed by atoms with Crippen molar-refractivity contribution in [3.8, 4) is 0 Å². The van der Waals surface area contributed by atoms with Gasteiger partial charge in [0.15, 0.2) is 0 Å². The van der Waals surface area contributed by atoms with E-state index in [1.807, 2.05) is 19.2 Å². The number of piperidine rings is 1. The number of hydrogen-bond donors (Lipinski definition) is 1. The van der Waals surface area contributed by atoms with E-state index in [0.717, 1.165) is 25.9 Å². The summed E-state index contributed by atoms with van der Waals surface area (Å²) >= 11 is 0. The number of likely N-dealkylation sites (N-methyl/N-ethyl adjacent to an activating group) is 1. The quantitative estimate of drug-likeness (QED) is 0.864. The van der Waals surface area contributed by atoms with Crippen molar-refractivity contribution < 1.29 is 9.59 Å². The summed E-state index contributed by atoms with van der Waals surface area (Å²) in [5, 5.41) is 2.90. The number of carbonyl (C=O) groups is 2. The molecule has 2 aliphatic rings. The van der Waals surface area contributed by atoms with E-state index in [2.05, 4.69) is 28.2 Å². The lowest BCUT2D eigenvalue weighted by Crippen LogP contribution is -2.56. The van der Waals surface area contributed by atoms with Crippen molar-refractivity contribution >= 4 is 11.9 Å². The molecule has 2 fully saturated rings. The minimum Gasteiger partial charge on any atom is -0.323 e. The van der Waals surface area contributed by atoms with Crippen molar-refractivity contribution in [2.24, 2.45) is 5.92 Å². The number of nitrogens with one attached hydrogen (secondary N) is 1. The summed E-state index contributed by atoms with van der Waals surface area (Å²) in [6, 6.07) is 3.98. The smallest absolute Gasteiger partial charge is 0.323 e. The van der Waals surface area contributed by atoms with Gasteiger partial charge in [0.1, 0.15) is 5.54 Å². The number of carbonyl (C=O) groups excluding carboxylic acids is 2. The summed E-state index contributed by atoms with van der Waals surface area (Å²) in [6.45, 7) is 5.83. The number of hydrogen-bond acceptors (Lipinski definition) is 4. The lowest BCUT2D eigenvalue weighted by molar-refractivity contribution is -0.132. The molecule has 0 saturated carbocycles. The van der Waals surface area contributed by atoms with E-state index in [4.69, 9.17) is 0 Å². The average molecular weight is 316 g/mol. The van der Waals surface area contributed by atoms with Crippen LogP contribution in [-0.4, -0.2) is 52.4 Å². The first-order valence-corrected chi connectivity index (χ1v) is 8.17. The fourth-order valence-corrected chi connectivity index (χ4v) is 3.74. The average Bonchev–Trinajstić information content (AvgIpc) is 2.79. The molecule has 1 aromatic rings. The van der Waals surface area contributed by atoms with Crippen LogP contribution in [0.5, 0.6) is 0 Å². The Morgan fingerprint density at radius 2 is 2.22 bits per heavy atom. The molecule has 1 aromatic heterocycles. The SMILES string of the molecule is C[C@H](c1cccnc1)N1CCC[C@@H]([C@@]2(C)NC(=O)N(C)C2=O)C1. The van der Waals surface area contributed by atoms with E-state index < -0.39 is 5.54 Å². The van der Waals surface area contributed by atoms with Gasteiger partial charge in [-0.2, -0.15) is 0 Å². The zero-order chi connectivity index (χ0) is 16.6. The van der Waals surface area contributed by atoms with Crippen LogP contribution >= 0.6 is 0 Å². The summed E-state index contributed by atoms with van der Waals surface area (Å²) in [5.74, 6) is 0.000141. The first-order chi connectivity index (χ1) is 10.9. The fourth-order valence-electron chi connectivity index (χ4n) is 3.74. The van der Waals surface area contributed by atoms with Gasteiger partial charge in [0.05, 0.1) is 0 Å². The molecule has 3 atom stereocenters. The second-order valence-electron chi connectivity index (χ2n) is 6.79. The summed E-state index contributed by atoms with van der Waals surface area (Å²) < 4.78 is 0. The number of likely N-dealkylation sites (tertiary alicyclic amines) is 1. The number of pyridine rings is 1. The van der Waals surface area contributed by atoms with Gasteiger partial charge >= 0.3 is 6.03 Å². The molecule has 2 aliphatic heterocycles. The van der Waals surface area contributed by atoms with Crippen LogP contribution in [-0.2, 0) is 4.79 Å². The highest BCUT2D eigenvalue weighted by atomic mass is 16.2. The van der Waals surface area contributed by atoms with Crippen molar-refractivity contribution in [1.29, 1.82) is 0 Å². The zero-order valence-electron chi connectivity index (χ0n) is 14.0. The summed E-state index contributed by atoms with van der Waals surface area (Å²) in [5.41, 5.74) is 0.385. The summed E-state index contributed by atoms with van der Waals surface area (Å²) in [6.07, 6.45) is 5.65. The maximum absolute atomic E-state index is 12.5. The van der Waals surface area contributed by atoms with Crippen molar-refractivity contribution in [1.82, 2.24) is 20.1 Å². The van der Waals surface area contributed by atoms with E-state index in [1.165, 1.54) is 10.5 Å². The van der Waals surface area contributed by atoms with Crippen molar-refractivity contribution in [2.75, 3.05) is 20.1 Å². The third kappa shape index (κ3) is 2.72. The molecule has 23 heavy (non-hydrogen) atoms. The summed E-state index contributed by atoms with van der Waals surface area (Å²) in [7, 11) is 1.54. The Hall–Kier alpha value is -1.95. The Kier molecular flexibility index (Phi) is 4.10. The standard InChI is InChI=1S/C17H24N4O2/c1-12(13-6-4-8-18-10-13)21-9-5-7-14(11-21)17(2)15(22)20(3)16(23)19-17/h4,6,8,10,12,14H,5,7,9,11H2,1-3H3,(H,19,23)/t12-,14-,17-/m1/s1. The predicted molar refractivity (Wildman–Crippen MR) is 86.7 cm³/mol. The Balaban J connectivity index is 1.76. The van der Waals surface area contributed by atoms with Crippen molar-refractivity contribution in [2.45, 2.75) is 38.3 Å². The molecule has 3 rings (SSSR count). The number of amides is 3. The first kappa shape index (κ1) is 15.9. The zero-order valence-corrected chi connectivity index (χ0v) is 14.0. The number of urea groups is 1. The number of imide groups is 1. The van der Waals surface area contributed by atoms with Gasteiger partial charge in [-0.1, -0.05) is 6.07 Å². The van der Waals surface area contributed by atoms with Crippen LogP contribution in [0, 0.1) is 5.92 Å². The van der Waals surface area contributed by atoms with E-state index in [1.54, 1.807) is 13.2 Å². The van der Waals surface area contributed by atoms with E-state index in [9.17, 15) is 9.59 Å². The number of rotatable bonds is 3. The molecule has 1 N–H and O–H groups in total. The lowest BCUT2D eigenvalue weighted by atomic mass is 9.79. The van der Waals surface area contributed by atoms with Crippen LogP contribution in [0.15, 0.2) is 24.5 Å². The molecule has 0 unspecified atom stereocenters. The predicted octanol–water partition coefficient (Wildman–Crippen LogP) is 1.79. The van der Waals surface area contributed by atoms with E-state index >= 15 is 0 Å². The molecule has 3 amide bonds. The van der Waals surface area contributed by atoms with Crippen molar-refractivity contribution in [3.05, 3.63) is 30.1 Å². The molecule has 0 aliphatic carbocycles. The van der Waals surface area contributed by atoms with Gasteiger partial charge in [-0.3, -0.25) is 19.6 Å². The maximum atomic E-state index is 12.5. The molecular weight excluding hydrogens is 292 g/mol. The monoisotopic (exact) mass is 316 g/mol. The fraction of sp³-hybridized carbons (Fsp3) is 0.588. The molecule has 6 nitrogen and oxygen atoms in total. The summed E-state index contributed by atoms with van der Waals surface area (Å²) in [4.78, 5) is 32.1. The van der Waals surface area contributed by atoms with Crippen LogP contribution in [0.4, 0.5) is 4.79 Å². The second-order valence-corrected chi connectivity index (χ2v) is 6.79. The minimum atomic E-state index is -0.792. The molecule has 0 aromatic carbocycles. The van der Waals surface area contributed by atoms with Gasteiger partial charge in [-0.25, -0.2) is 4.79 Å². The highest BCUT2D eigenvalue weighted by Crippen LogP contribution is 2.34. The lowest BCUT2D eigenvalue weighted by Gasteiger charge is -2.42. The highest BCUT2D eigenvalue weighted by Gasteiger charge is 2.52. The first-order valence-electron chi connectivity index (χ1n) is 8.17. The maximum Gasteiger partial charge on any atom is 0.324 e. The topological polar surface area (TPSA) is 65.5 Å². The number of nitrogens with zero attached hydrogens (tertiary/aromatic N) is 3. The largest absolute Gasteiger partial charge is 0.324 e. The molecule has 0 radical (unpaired) electrons. The molecular formula is C17H24N4O2. The molecule has 0 spiro atoms. The van der Waals surface area contributed by atoms with Crippen LogP contribution in [0.1, 0.15) is 38.3 Å².